The molecule has 0 aromatic heterocycles. The van der Waals surface area contributed by atoms with Crippen molar-refractivity contribution in [3.8, 4) is 0 Å². The molecule has 1 amide bonds. The van der Waals surface area contributed by atoms with Crippen molar-refractivity contribution in [3.63, 3.8) is 0 Å². The smallest absolute Gasteiger partial charge is 0.225 e. The minimum atomic E-state index is 0.347. The summed E-state index contributed by atoms with van der Waals surface area (Å²) in [7, 11) is 0. The van der Waals surface area contributed by atoms with Crippen LogP contribution in [-0.2, 0) is 4.79 Å². The molecule has 1 aliphatic carbocycles. The van der Waals surface area contributed by atoms with Crippen molar-refractivity contribution < 1.29 is 4.79 Å². The Morgan fingerprint density at radius 3 is 2.47 bits per heavy atom. The predicted molar refractivity (Wildman–Crippen MR) is 74.3 cm³/mol. The summed E-state index contributed by atoms with van der Waals surface area (Å²) in [5.41, 5.74) is 0. The minimum absolute atomic E-state index is 0.347. The molecular formula is C14H24BrNO. The fourth-order valence-corrected chi connectivity index (χ4v) is 3.83. The van der Waals surface area contributed by atoms with Gasteiger partial charge in [0, 0.05) is 23.8 Å². The van der Waals surface area contributed by atoms with Gasteiger partial charge in [0.05, 0.1) is 0 Å². The first-order chi connectivity index (χ1) is 8.33. The van der Waals surface area contributed by atoms with Gasteiger partial charge in [-0.05, 0) is 38.5 Å². The first-order valence-corrected chi connectivity index (χ1v) is 8.31. The van der Waals surface area contributed by atoms with Gasteiger partial charge in [-0.1, -0.05) is 35.2 Å². The molecule has 0 N–H and O–H groups in total. The summed E-state index contributed by atoms with van der Waals surface area (Å²) in [6.07, 6.45) is 11.0. The third-order valence-corrected chi connectivity index (χ3v) is 4.76. The van der Waals surface area contributed by atoms with Crippen molar-refractivity contribution >= 4 is 21.8 Å². The fraction of sp³-hybridized carbons (Fsp3) is 0.929. The van der Waals surface area contributed by atoms with Crippen molar-refractivity contribution in [1.82, 2.24) is 4.90 Å². The van der Waals surface area contributed by atoms with Gasteiger partial charge < -0.3 is 4.90 Å². The van der Waals surface area contributed by atoms with Crippen molar-refractivity contribution in [3.05, 3.63) is 0 Å². The lowest BCUT2D eigenvalue weighted by molar-refractivity contribution is -0.140. The van der Waals surface area contributed by atoms with Crippen molar-refractivity contribution in [2.75, 3.05) is 11.9 Å². The zero-order valence-corrected chi connectivity index (χ0v) is 12.3. The van der Waals surface area contributed by atoms with Gasteiger partial charge in [-0.2, -0.15) is 0 Å². The average molecular weight is 302 g/mol. The van der Waals surface area contributed by atoms with Crippen LogP contribution < -0.4 is 0 Å². The zero-order chi connectivity index (χ0) is 12.1. The Morgan fingerprint density at radius 1 is 1.06 bits per heavy atom. The lowest BCUT2D eigenvalue weighted by atomic mass is 9.87. The highest BCUT2D eigenvalue weighted by Gasteiger charge is 2.31. The first-order valence-electron chi connectivity index (χ1n) is 7.19. The molecule has 0 aromatic rings. The molecule has 2 nitrogen and oxygen atoms in total. The third kappa shape index (κ3) is 3.46. The van der Waals surface area contributed by atoms with Gasteiger partial charge in [0.1, 0.15) is 0 Å². The minimum Gasteiger partial charge on any atom is -0.339 e. The first kappa shape index (κ1) is 13.4. The molecule has 1 aliphatic heterocycles. The highest BCUT2D eigenvalue weighted by atomic mass is 79.9. The standard InChI is InChI=1S/C14H24BrNO/c15-10-9-13-8-4-5-11-16(13)14(17)12-6-2-1-3-7-12/h12-13H,1-11H2. The topological polar surface area (TPSA) is 20.3 Å². The van der Waals surface area contributed by atoms with E-state index in [0.29, 0.717) is 17.9 Å². The Labute approximate surface area is 113 Å². The van der Waals surface area contributed by atoms with Gasteiger partial charge in [0.15, 0.2) is 0 Å². The second kappa shape index (κ2) is 6.77. The second-order valence-corrected chi connectivity index (χ2v) is 6.29. The maximum absolute atomic E-state index is 12.5. The quantitative estimate of drug-likeness (QED) is 0.727. The monoisotopic (exact) mass is 301 g/mol. The van der Waals surface area contributed by atoms with Crippen LogP contribution in [0.4, 0.5) is 0 Å². The van der Waals surface area contributed by atoms with E-state index < -0.39 is 0 Å². The number of amides is 1. The van der Waals surface area contributed by atoms with Crippen LogP contribution in [0.1, 0.15) is 57.8 Å². The van der Waals surface area contributed by atoms with Gasteiger partial charge in [-0.3, -0.25) is 4.79 Å². The summed E-state index contributed by atoms with van der Waals surface area (Å²) in [6.45, 7) is 1.01. The summed E-state index contributed by atoms with van der Waals surface area (Å²) in [5, 5.41) is 1.02. The van der Waals surface area contributed by atoms with E-state index in [1.807, 2.05) is 0 Å². The van der Waals surface area contributed by atoms with E-state index in [9.17, 15) is 4.79 Å². The highest BCUT2D eigenvalue weighted by molar-refractivity contribution is 9.09. The molecule has 1 heterocycles. The van der Waals surface area contributed by atoms with Gasteiger partial charge in [0.25, 0.3) is 0 Å². The van der Waals surface area contributed by atoms with Gasteiger partial charge in [0.2, 0.25) is 5.91 Å². The second-order valence-electron chi connectivity index (χ2n) is 5.49. The lowest BCUT2D eigenvalue weighted by Crippen LogP contribution is -2.47. The number of halogens is 1. The van der Waals surface area contributed by atoms with E-state index in [1.54, 1.807) is 0 Å². The van der Waals surface area contributed by atoms with Gasteiger partial charge in [-0.25, -0.2) is 0 Å². The SMILES string of the molecule is O=C(C1CCCCC1)N1CCCCC1CCBr. The van der Waals surface area contributed by atoms with Crippen molar-refractivity contribution in [1.29, 1.82) is 0 Å². The largest absolute Gasteiger partial charge is 0.339 e. The fourth-order valence-electron chi connectivity index (χ4n) is 3.30. The number of piperidine rings is 1. The number of hydrogen-bond acceptors (Lipinski definition) is 1. The summed E-state index contributed by atoms with van der Waals surface area (Å²) >= 11 is 3.52. The number of carbonyl (C=O) groups is 1. The number of carbonyl (C=O) groups excluding carboxylic acids is 1. The Kier molecular flexibility index (Phi) is 5.33. The van der Waals surface area contributed by atoms with E-state index in [0.717, 1.165) is 31.1 Å². The van der Waals surface area contributed by atoms with Gasteiger partial charge in [-0.15, -0.1) is 0 Å². The summed E-state index contributed by atoms with van der Waals surface area (Å²) in [4.78, 5) is 14.8. The molecule has 0 bridgehead atoms. The van der Waals surface area contributed by atoms with Crippen LogP contribution in [0.2, 0.25) is 0 Å². The number of likely N-dealkylation sites (tertiary alicyclic amines) is 1. The predicted octanol–water partition coefficient (Wildman–Crippen LogP) is 3.73. The number of rotatable bonds is 3. The molecule has 2 aliphatic rings. The van der Waals surface area contributed by atoms with Gasteiger partial charge >= 0.3 is 0 Å². The van der Waals surface area contributed by atoms with Crippen LogP contribution in [-0.4, -0.2) is 28.7 Å². The van der Waals surface area contributed by atoms with Crippen LogP contribution in [0.25, 0.3) is 0 Å². The Balaban J connectivity index is 1.94. The molecule has 98 valence electrons. The molecule has 1 unspecified atom stereocenters. The van der Waals surface area contributed by atoms with Crippen LogP contribution in [0.5, 0.6) is 0 Å². The van der Waals surface area contributed by atoms with Crippen LogP contribution in [0.15, 0.2) is 0 Å². The van der Waals surface area contributed by atoms with E-state index >= 15 is 0 Å². The summed E-state index contributed by atoms with van der Waals surface area (Å²) in [5.74, 6) is 0.815. The van der Waals surface area contributed by atoms with Crippen LogP contribution in [0.3, 0.4) is 0 Å². The molecule has 2 rings (SSSR count). The van der Waals surface area contributed by atoms with E-state index in [4.69, 9.17) is 0 Å². The van der Waals surface area contributed by atoms with Crippen molar-refractivity contribution in [2.45, 2.75) is 63.8 Å². The lowest BCUT2D eigenvalue weighted by Gasteiger charge is -2.38. The van der Waals surface area contributed by atoms with Crippen molar-refractivity contribution in [2.24, 2.45) is 5.92 Å². The maximum Gasteiger partial charge on any atom is 0.225 e. The molecule has 0 aromatic carbocycles. The summed E-state index contributed by atoms with van der Waals surface area (Å²) < 4.78 is 0. The molecule has 1 saturated carbocycles. The van der Waals surface area contributed by atoms with E-state index in [2.05, 4.69) is 20.8 Å². The zero-order valence-electron chi connectivity index (χ0n) is 10.7. The Bertz CT molecular complexity index is 249. The number of hydrogen-bond donors (Lipinski definition) is 0. The molecule has 3 heteroatoms. The summed E-state index contributed by atoms with van der Waals surface area (Å²) in [6, 6.07) is 0.512. The van der Waals surface area contributed by atoms with Crippen LogP contribution in [0, 0.1) is 5.92 Å². The van der Waals surface area contributed by atoms with E-state index in [1.165, 1.54) is 38.5 Å². The molecule has 1 atom stereocenters. The molecule has 2 fully saturated rings. The molecule has 0 spiro atoms. The highest BCUT2D eigenvalue weighted by Crippen LogP contribution is 2.29. The third-order valence-electron chi connectivity index (χ3n) is 4.31. The maximum atomic E-state index is 12.5. The molecule has 17 heavy (non-hydrogen) atoms. The Hall–Kier alpha value is -0.0500. The normalized spacial score (nSPS) is 27.1. The molecule has 1 saturated heterocycles. The van der Waals surface area contributed by atoms with Crippen LogP contribution >= 0.6 is 15.9 Å². The molecule has 0 radical (unpaired) electrons. The van der Waals surface area contributed by atoms with E-state index in [-0.39, 0.29) is 0 Å². The molecular weight excluding hydrogens is 278 g/mol. The number of alkyl halides is 1. The Morgan fingerprint density at radius 2 is 1.76 bits per heavy atom. The average Bonchev–Trinajstić information content (AvgIpc) is 2.40. The number of nitrogens with zero attached hydrogens (tertiary/aromatic N) is 1.